The van der Waals surface area contributed by atoms with E-state index in [9.17, 15) is 0 Å². The van der Waals surface area contributed by atoms with Gasteiger partial charge in [0.1, 0.15) is 0 Å². The highest BCUT2D eigenvalue weighted by atomic mass is 79.9. The Hall–Kier alpha value is -1.20. The minimum atomic E-state index is 0.575. The van der Waals surface area contributed by atoms with E-state index < -0.39 is 0 Å². The Morgan fingerprint density at radius 2 is 2.11 bits per heavy atom. The summed E-state index contributed by atoms with van der Waals surface area (Å²) >= 11 is 3.47. The van der Waals surface area contributed by atoms with Crippen molar-refractivity contribution in [2.45, 2.75) is 20.3 Å². The fourth-order valence-corrected chi connectivity index (χ4v) is 2.31. The number of hydrogen-bond acceptors (Lipinski definition) is 4. The van der Waals surface area contributed by atoms with Crippen molar-refractivity contribution in [2.75, 3.05) is 13.1 Å². The van der Waals surface area contributed by atoms with Crippen molar-refractivity contribution in [3.8, 4) is 11.5 Å². The molecule has 0 aliphatic rings. The minimum absolute atomic E-state index is 0.575. The van der Waals surface area contributed by atoms with Crippen molar-refractivity contribution >= 4 is 15.9 Å². The summed E-state index contributed by atoms with van der Waals surface area (Å²) in [4.78, 5) is 0. The van der Waals surface area contributed by atoms with Crippen LogP contribution in [0.5, 0.6) is 0 Å². The fraction of sp³-hybridized carbons (Fsp3) is 0.385. The summed E-state index contributed by atoms with van der Waals surface area (Å²) in [7, 11) is 0. The molecule has 4 nitrogen and oxygen atoms in total. The zero-order chi connectivity index (χ0) is 13.0. The molecule has 1 heterocycles. The van der Waals surface area contributed by atoms with Crippen LogP contribution in [0.3, 0.4) is 0 Å². The van der Waals surface area contributed by atoms with Gasteiger partial charge in [0.15, 0.2) is 0 Å². The Bertz CT molecular complexity index is 504. The molecule has 0 unspecified atom stereocenters. The van der Waals surface area contributed by atoms with Crippen LogP contribution in [0.25, 0.3) is 11.5 Å². The lowest BCUT2D eigenvalue weighted by atomic mass is 10.1. The van der Waals surface area contributed by atoms with Gasteiger partial charge in [-0.3, -0.25) is 0 Å². The van der Waals surface area contributed by atoms with Crippen molar-refractivity contribution in [3.05, 3.63) is 34.1 Å². The fourth-order valence-electron chi connectivity index (χ4n) is 1.70. The van der Waals surface area contributed by atoms with Gasteiger partial charge in [-0.25, -0.2) is 0 Å². The Morgan fingerprint density at radius 3 is 2.83 bits per heavy atom. The number of likely N-dealkylation sites (N-methyl/N-ethyl adjacent to an activating group) is 1. The first-order chi connectivity index (χ1) is 8.69. The second-order valence-corrected chi connectivity index (χ2v) is 5.04. The third-order valence-electron chi connectivity index (χ3n) is 2.52. The van der Waals surface area contributed by atoms with Gasteiger partial charge in [-0.2, -0.15) is 0 Å². The molecule has 0 spiro atoms. The Balaban J connectivity index is 2.13. The molecule has 18 heavy (non-hydrogen) atoms. The van der Waals surface area contributed by atoms with Crippen LogP contribution < -0.4 is 5.32 Å². The van der Waals surface area contributed by atoms with E-state index in [0.29, 0.717) is 11.8 Å². The molecule has 0 aliphatic carbocycles. The first-order valence-electron chi connectivity index (χ1n) is 5.99. The Labute approximate surface area is 115 Å². The van der Waals surface area contributed by atoms with Crippen molar-refractivity contribution in [3.63, 3.8) is 0 Å². The van der Waals surface area contributed by atoms with Crippen molar-refractivity contribution < 1.29 is 4.42 Å². The number of aryl methyl sites for hydroxylation is 1. The maximum atomic E-state index is 5.64. The standard InChI is InChI=1S/C13H16BrN3O/c1-3-15-5-4-12-16-17-13(18-12)10-6-9(2)7-11(14)8-10/h6-8,15H,3-5H2,1-2H3. The molecule has 1 N–H and O–H groups in total. The van der Waals surface area contributed by atoms with Gasteiger partial charge in [0, 0.05) is 23.0 Å². The summed E-state index contributed by atoms with van der Waals surface area (Å²) < 4.78 is 6.66. The molecular weight excluding hydrogens is 294 g/mol. The molecule has 0 aliphatic heterocycles. The highest BCUT2D eigenvalue weighted by molar-refractivity contribution is 9.10. The van der Waals surface area contributed by atoms with Gasteiger partial charge >= 0.3 is 0 Å². The highest BCUT2D eigenvalue weighted by Gasteiger charge is 2.09. The van der Waals surface area contributed by atoms with Crippen LogP contribution in [0.2, 0.25) is 0 Å². The van der Waals surface area contributed by atoms with Crippen LogP contribution in [0.15, 0.2) is 27.1 Å². The van der Waals surface area contributed by atoms with E-state index in [4.69, 9.17) is 4.42 Å². The van der Waals surface area contributed by atoms with E-state index in [0.717, 1.165) is 35.1 Å². The summed E-state index contributed by atoms with van der Waals surface area (Å²) in [5, 5.41) is 11.4. The van der Waals surface area contributed by atoms with Crippen molar-refractivity contribution in [2.24, 2.45) is 0 Å². The van der Waals surface area contributed by atoms with Crippen LogP contribution >= 0.6 is 15.9 Å². The molecule has 0 fully saturated rings. The molecule has 0 atom stereocenters. The molecule has 0 bridgehead atoms. The number of rotatable bonds is 5. The number of nitrogens with one attached hydrogen (secondary N) is 1. The zero-order valence-electron chi connectivity index (χ0n) is 10.5. The number of halogens is 1. The molecule has 5 heteroatoms. The Kier molecular flexibility index (Phi) is 4.49. The maximum Gasteiger partial charge on any atom is 0.247 e. The highest BCUT2D eigenvalue weighted by Crippen LogP contribution is 2.23. The molecule has 96 valence electrons. The van der Waals surface area contributed by atoms with Gasteiger partial charge in [0.05, 0.1) is 0 Å². The monoisotopic (exact) mass is 309 g/mol. The maximum absolute atomic E-state index is 5.64. The summed E-state index contributed by atoms with van der Waals surface area (Å²) in [6.07, 6.45) is 0.758. The molecule has 0 amide bonds. The molecule has 1 aromatic heterocycles. The summed E-state index contributed by atoms with van der Waals surface area (Å²) in [6.45, 7) is 5.92. The van der Waals surface area contributed by atoms with Crippen LogP contribution in [0, 0.1) is 6.92 Å². The van der Waals surface area contributed by atoms with Gasteiger partial charge in [-0.1, -0.05) is 22.9 Å². The second-order valence-electron chi connectivity index (χ2n) is 4.12. The largest absolute Gasteiger partial charge is 0.421 e. The smallest absolute Gasteiger partial charge is 0.247 e. The van der Waals surface area contributed by atoms with Crippen LogP contribution in [-0.2, 0) is 6.42 Å². The van der Waals surface area contributed by atoms with E-state index in [1.807, 2.05) is 25.1 Å². The third-order valence-corrected chi connectivity index (χ3v) is 2.98. The Morgan fingerprint density at radius 1 is 1.28 bits per heavy atom. The van der Waals surface area contributed by atoms with Crippen molar-refractivity contribution in [1.29, 1.82) is 0 Å². The van der Waals surface area contributed by atoms with Gasteiger partial charge in [-0.05, 0) is 37.2 Å². The molecular formula is C13H16BrN3O. The SMILES string of the molecule is CCNCCc1nnc(-c2cc(C)cc(Br)c2)o1. The first-order valence-corrected chi connectivity index (χ1v) is 6.79. The molecule has 2 rings (SSSR count). The first kappa shape index (κ1) is 13.2. The number of aromatic nitrogens is 2. The van der Waals surface area contributed by atoms with Crippen LogP contribution in [0.1, 0.15) is 18.4 Å². The normalized spacial score (nSPS) is 10.8. The lowest BCUT2D eigenvalue weighted by Crippen LogP contribution is -2.16. The lowest BCUT2D eigenvalue weighted by molar-refractivity contribution is 0.496. The number of benzene rings is 1. The van der Waals surface area contributed by atoms with Gasteiger partial charge in [0.25, 0.3) is 0 Å². The number of hydrogen-bond donors (Lipinski definition) is 1. The van der Waals surface area contributed by atoms with Crippen LogP contribution in [0.4, 0.5) is 0 Å². The van der Waals surface area contributed by atoms with Crippen LogP contribution in [-0.4, -0.2) is 23.3 Å². The van der Waals surface area contributed by atoms with E-state index >= 15 is 0 Å². The van der Waals surface area contributed by atoms with Gasteiger partial charge < -0.3 is 9.73 Å². The average molecular weight is 310 g/mol. The minimum Gasteiger partial charge on any atom is -0.421 e. The summed E-state index contributed by atoms with van der Waals surface area (Å²) in [6, 6.07) is 6.06. The van der Waals surface area contributed by atoms with Gasteiger partial charge in [0.2, 0.25) is 11.8 Å². The molecule has 1 aromatic carbocycles. The molecule has 0 saturated carbocycles. The second kappa shape index (κ2) is 6.11. The third kappa shape index (κ3) is 3.40. The quantitative estimate of drug-likeness (QED) is 0.863. The summed E-state index contributed by atoms with van der Waals surface area (Å²) in [5.41, 5.74) is 2.11. The van der Waals surface area contributed by atoms with E-state index in [-0.39, 0.29) is 0 Å². The molecule has 0 saturated heterocycles. The molecule has 2 aromatic rings. The van der Waals surface area contributed by atoms with E-state index in [1.54, 1.807) is 0 Å². The predicted molar refractivity (Wildman–Crippen MR) is 74.4 cm³/mol. The lowest BCUT2D eigenvalue weighted by Gasteiger charge is -1.99. The zero-order valence-corrected chi connectivity index (χ0v) is 12.1. The topological polar surface area (TPSA) is 51.0 Å². The van der Waals surface area contributed by atoms with Crippen molar-refractivity contribution in [1.82, 2.24) is 15.5 Å². The van der Waals surface area contributed by atoms with E-state index in [2.05, 4.69) is 38.4 Å². The average Bonchev–Trinajstić information content (AvgIpc) is 2.77. The predicted octanol–water partition coefficient (Wildman–Crippen LogP) is 2.96. The van der Waals surface area contributed by atoms with Gasteiger partial charge in [-0.15, -0.1) is 10.2 Å². The van der Waals surface area contributed by atoms with E-state index in [1.165, 1.54) is 0 Å². The number of nitrogens with zero attached hydrogens (tertiary/aromatic N) is 2. The summed E-state index contributed by atoms with van der Waals surface area (Å²) in [5.74, 6) is 1.24. The molecule has 0 radical (unpaired) electrons.